The van der Waals surface area contributed by atoms with Crippen LogP contribution in [0, 0.1) is 19.8 Å². The summed E-state index contributed by atoms with van der Waals surface area (Å²) in [7, 11) is 3.84. The molecular weight excluding hydrogens is 314 g/mol. The zero-order chi connectivity index (χ0) is 14.7. The molecule has 1 aliphatic rings. The van der Waals surface area contributed by atoms with Crippen molar-refractivity contribution in [1.29, 1.82) is 0 Å². The number of ether oxygens (including phenoxy) is 1. The van der Waals surface area contributed by atoms with Crippen LogP contribution in [0.4, 0.5) is 0 Å². The molecule has 1 fully saturated rings. The number of methoxy groups -OCH3 is 1. The minimum Gasteiger partial charge on any atom is -0.496 e. The van der Waals surface area contributed by atoms with Crippen LogP contribution >= 0.6 is 15.9 Å². The van der Waals surface area contributed by atoms with Gasteiger partial charge >= 0.3 is 0 Å². The van der Waals surface area contributed by atoms with Crippen molar-refractivity contribution in [3.8, 4) is 5.75 Å². The lowest BCUT2D eigenvalue weighted by atomic mass is 9.89. The van der Waals surface area contributed by atoms with Crippen molar-refractivity contribution < 1.29 is 4.74 Å². The Morgan fingerprint density at radius 2 is 2.00 bits per heavy atom. The number of rotatable bonds is 5. The van der Waals surface area contributed by atoms with E-state index in [0.717, 1.165) is 11.7 Å². The molecule has 0 aromatic heterocycles. The molecule has 0 amide bonds. The van der Waals surface area contributed by atoms with Crippen molar-refractivity contribution in [2.45, 2.75) is 52.0 Å². The quantitative estimate of drug-likeness (QED) is 0.822. The largest absolute Gasteiger partial charge is 0.496 e. The fourth-order valence-corrected chi connectivity index (χ4v) is 4.08. The highest BCUT2D eigenvalue weighted by molar-refractivity contribution is 9.10. The summed E-state index contributed by atoms with van der Waals surface area (Å²) in [4.78, 5) is 0. The number of hydrogen-bond donors (Lipinski definition) is 1. The van der Waals surface area contributed by atoms with Crippen molar-refractivity contribution in [2.75, 3.05) is 14.2 Å². The van der Waals surface area contributed by atoms with Crippen molar-refractivity contribution in [2.24, 2.45) is 5.92 Å². The van der Waals surface area contributed by atoms with Gasteiger partial charge in [0.2, 0.25) is 0 Å². The number of aryl methyl sites for hydroxylation is 1. The highest BCUT2D eigenvalue weighted by Crippen LogP contribution is 2.40. The molecular formula is C17H26BrNO. The molecule has 0 bridgehead atoms. The second-order valence-electron chi connectivity index (χ2n) is 5.97. The first-order valence-electron chi connectivity index (χ1n) is 7.59. The molecule has 20 heavy (non-hydrogen) atoms. The summed E-state index contributed by atoms with van der Waals surface area (Å²) in [6.07, 6.45) is 6.77. The zero-order valence-electron chi connectivity index (χ0n) is 13.1. The van der Waals surface area contributed by atoms with Crippen LogP contribution in [-0.4, -0.2) is 14.2 Å². The zero-order valence-corrected chi connectivity index (χ0v) is 14.6. The Bertz CT molecular complexity index is 467. The second-order valence-corrected chi connectivity index (χ2v) is 6.83. The summed E-state index contributed by atoms with van der Waals surface area (Å²) in [5.74, 6) is 1.90. The van der Waals surface area contributed by atoms with Gasteiger partial charge in [-0.1, -0.05) is 41.6 Å². The third-order valence-electron chi connectivity index (χ3n) is 4.65. The van der Waals surface area contributed by atoms with Crippen LogP contribution in [0.2, 0.25) is 0 Å². The van der Waals surface area contributed by atoms with Crippen LogP contribution in [-0.2, 0) is 0 Å². The Hall–Kier alpha value is -0.540. The molecule has 1 atom stereocenters. The van der Waals surface area contributed by atoms with E-state index in [9.17, 15) is 0 Å². The summed E-state index contributed by atoms with van der Waals surface area (Å²) in [6, 6.07) is 2.53. The van der Waals surface area contributed by atoms with E-state index < -0.39 is 0 Å². The lowest BCUT2D eigenvalue weighted by Crippen LogP contribution is -2.21. The highest BCUT2D eigenvalue weighted by atomic mass is 79.9. The molecule has 1 aliphatic carbocycles. The SMILES string of the molecule is CNC(CC1CCCC1)c1c(C)c(Br)cc(C)c1OC. The minimum absolute atomic E-state index is 0.379. The number of hydrogen-bond acceptors (Lipinski definition) is 2. The normalized spacial score (nSPS) is 17.4. The molecule has 2 nitrogen and oxygen atoms in total. The van der Waals surface area contributed by atoms with Gasteiger partial charge in [-0.05, 0) is 50.4 Å². The fourth-order valence-electron chi connectivity index (χ4n) is 3.53. The third-order valence-corrected chi connectivity index (χ3v) is 5.48. The number of halogens is 1. The van der Waals surface area contributed by atoms with E-state index in [4.69, 9.17) is 4.74 Å². The first kappa shape index (κ1) is 15.8. The van der Waals surface area contributed by atoms with E-state index in [0.29, 0.717) is 6.04 Å². The summed E-state index contributed by atoms with van der Waals surface area (Å²) in [5, 5.41) is 3.51. The molecule has 0 saturated heterocycles. The van der Waals surface area contributed by atoms with Gasteiger partial charge in [0, 0.05) is 16.1 Å². The van der Waals surface area contributed by atoms with Gasteiger partial charge < -0.3 is 10.1 Å². The molecule has 1 saturated carbocycles. The molecule has 0 radical (unpaired) electrons. The average molecular weight is 340 g/mol. The fraction of sp³-hybridized carbons (Fsp3) is 0.647. The number of nitrogens with one attached hydrogen (secondary N) is 1. The summed E-state index contributed by atoms with van der Waals surface area (Å²) in [6.45, 7) is 4.30. The smallest absolute Gasteiger partial charge is 0.126 e. The molecule has 1 N–H and O–H groups in total. The average Bonchev–Trinajstić information content (AvgIpc) is 2.93. The lowest BCUT2D eigenvalue weighted by Gasteiger charge is -2.26. The predicted molar refractivity (Wildman–Crippen MR) is 88.5 cm³/mol. The maximum atomic E-state index is 5.70. The van der Waals surface area contributed by atoms with Gasteiger partial charge in [0.15, 0.2) is 0 Å². The van der Waals surface area contributed by atoms with Crippen molar-refractivity contribution in [3.63, 3.8) is 0 Å². The van der Waals surface area contributed by atoms with Crippen LogP contribution in [0.15, 0.2) is 10.5 Å². The van der Waals surface area contributed by atoms with E-state index in [-0.39, 0.29) is 0 Å². The van der Waals surface area contributed by atoms with Gasteiger partial charge in [-0.15, -0.1) is 0 Å². The Morgan fingerprint density at radius 3 is 2.55 bits per heavy atom. The van der Waals surface area contributed by atoms with Crippen LogP contribution in [0.5, 0.6) is 5.75 Å². The summed E-state index contributed by atoms with van der Waals surface area (Å²) >= 11 is 3.69. The Balaban J connectivity index is 2.36. The molecule has 1 aromatic rings. The summed E-state index contributed by atoms with van der Waals surface area (Å²) in [5.41, 5.74) is 3.82. The standard InChI is InChI=1S/C17H26BrNO/c1-11-9-14(18)12(2)16(17(11)20-4)15(19-3)10-13-7-5-6-8-13/h9,13,15,19H,5-8,10H2,1-4H3. The Morgan fingerprint density at radius 1 is 1.35 bits per heavy atom. The minimum atomic E-state index is 0.379. The van der Waals surface area contributed by atoms with E-state index >= 15 is 0 Å². The van der Waals surface area contributed by atoms with Crippen LogP contribution in [0.1, 0.15) is 54.8 Å². The van der Waals surface area contributed by atoms with E-state index in [2.05, 4.69) is 48.2 Å². The van der Waals surface area contributed by atoms with Gasteiger partial charge in [0.25, 0.3) is 0 Å². The second kappa shape index (κ2) is 6.95. The maximum Gasteiger partial charge on any atom is 0.126 e. The van der Waals surface area contributed by atoms with E-state index in [1.807, 2.05) is 0 Å². The first-order valence-corrected chi connectivity index (χ1v) is 8.38. The molecule has 112 valence electrons. The van der Waals surface area contributed by atoms with Gasteiger partial charge in [-0.2, -0.15) is 0 Å². The molecule has 1 unspecified atom stereocenters. The van der Waals surface area contributed by atoms with Crippen molar-refractivity contribution >= 4 is 15.9 Å². The van der Waals surface area contributed by atoms with E-state index in [1.165, 1.54) is 53.3 Å². The lowest BCUT2D eigenvalue weighted by molar-refractivity contribution is 0.374. The molecule has 3 heteroatoms. The molecule has 0 heterocycles. The van der Waals surface area contributed by atoms with Crippen LogP contribution < -0.4 is 10.1 Å². The molecule has 1 aromatic carbocycles. The van der Waals surface area contributed by atoms with Crippen LogP contribution in [0.3, 0.4) is 0 Å². The Labute approximate surface area is 131 Å². The molecule has 0 aliphatic heterocycles. The highest BCUT2D eigenvalue weighted by Gasteiger charge is 2.25. The van der Waals surface area contributed by atoms with E-state index in [1.54, 1.807) is 7.11 Å². The molecule has 0 spiro atoms. The third kappa shape index (κ3) is 3.20. The molecule has 2 rings (SSSR count). The monoisotopic (exact) mass is 339 g/mol. The van der Waals surface area contributed by atoms with Gasteiger partial charge in [-0.3, -0.25) is 0 Å². The van der Waals surface area contributed by atoms with Gasteiger partial charge in [-0.25, -0.2) is 0 Å². The number of benzene rings is 1. The van der Waals surface area contributed by atoms with Crippen molar-refractivity contribution in [3.05, 3.63) is 27.2 Å². The topological polar surface area (TPSA) is 21.3 Å². The maximum absolute atomic E-state index is 5.70. The Kier molecular flexibility index (Phi) is 5.50. The first-order chi connectivity index (χ1) is 9.58. The van der Waals surface area contributed by atoms with Gasteiger partial charge in [0.1, 0.15) is 5.75 Å². The van der Waals surface area contributed by atoms with Crippen molar-refractivity contribution in [1.82, 2.24) is 5.32 Å². The predicted octanol–water partition coefficient (Wildman–Crippen LogP) is 4.92. The van der Waals surface area contributed by atoms with Crippen LogP contribution in [0.25, 0.3) is 0 Å². The van der Waals surface area contributed by atoms with Gasteiger partial charge in [0.05, 0.1) is 7.11 Å². The summed E-state index contributed by atoms with van der Waals surface area (Å²) < 4.78 is 6.88.